The summed E-state index contributed by atoms with van der Waals surface area (Å²) in [6, 6.07) is 1.97. The Morgan fingerprint density at radius 1 is 1.52 bits per heavy atom. The van der Waals surface area contributed by atoms with E-state index in [2.05, 4.69) is 9.55 Å². The van der Waals surface area contributed by atoms with Crippen molar-refractivity contribution in [2.45, 2.75) is 33.0 Å². The lowest BCUT2D eigenvalue weighted by molar-refractivity contribution is 0.0637. The summed E-state index contributed by atoms with van der Waals surface area (Å²) in [6.45, 7) is 6.05. The maximum atomic E-state index is 12.7. The first-order valence-electron chi connectivity index (χ1n) is 7.01. The fourth-order valence-corrected chi connectivity index (χ4v) is 3.70. The Morgan fingerprint density at radius 2 is 2.33 bits per heavy atom. The van der Waals surface area contributed by atoms with Crippen molar-refractivity contribution in [3.05, 3.63) is 39.6 Å². The summed E-state index contributed by atoms with van der Waals surface area (Å²) in [7, 11) is 1.68. The van der Waals surface area contributed by atoms with E-state index < -0.39 is 0 Å². The van der Waals surface area contributed by atoms with Gasteiger partial charge in [0, 0.05) is 20.2 Å². The van der Waals surface area contributed by atoms with Gasteiger partial charge in [-0.1, -0.05) is 0 Å². The Balaban J connectivity index is 1.87. The Labute approximate surface area is 128 Å². The summed E-state index contributed by atoms with van der Waals surface area (Å²) in [5.74, 6) is 1.05. The number of hydrogen-bond donors (Lipinski definition) is 0. The minimum Gasteiger partial charge on any atom is -0.378 e. The maximum absolute atomic E-state index is 12.7. The molecular weight excluding hydrogens is 286 g/mol. The number of rotatable bonds is 3. The molecule has 1 atom stereocenters. The van der Waals surface area contributed by atoms with Gasteiger partial charge in [0.05, 0.1) is 29.4 Å². The first kappa shape index (κ1) is 14.3. The molecular formula is C15H19N3O2S. The molecule has 0 aliphatic carbocycles. The average molecular weight is 305 g/mol. The second-order valence-corrected chi connectivity index (χ2v) is 6.22. The Hall–Kier alpha value is -1.66. The van der Waals surface area contributed by atoms with Crippen molar-refractivity contribution < 1.29 is 9.53 Å². The molecule has 112 valence electrons. The Kier molecular flexibility index (Phi) is 3.82. The van der Waals surface area contributed by atoms with Crippen LogP contribution in [0.5, 0.6) is 0 Å². The number of fused-ring (bicyclic) bond motifs is 1. The molecule has 1 aliphatic heterocycles. The SMILES string of the molecule is COCc1cnc2n1CCN(C(=O)c1sccc1C)[C@@H]2C. The summed E-state index contributed by atoms with van der Waals surface area (Å²) in [5, 5.41) is 1.97. The van der Waals surface area contributed by atoms with Gasteiger partial charge in [0.2, 0.25) is 0 Å². The van der Waals surface area contributed by atoms with E-state index in [1.54, 1.807) is 7.11 Å². The van der Waals surface area contributed by atoms with E-state index in [0.29, 0.717) is 13.2 Å². The molecule has 0 saturated heterocycles. The highest BCUT2D eigenvalue weighted by atomic mass is 32.1. The zero-order valence-corrected chi connectivity index (χ0v) is 13.3. The topological polar surface area (TPSA) is 47.4 Å². The number of aryl methyl sites for hydroxylation is 1. The number of amides is 1. The summed E-state index contributed by atoms with van der Waals surface area (Å²) in [4.78, 5) is 19.9. The highest BCUT2D eigenvalue weighted by Gasteiger charge is 2.31. The molecule has 3 heterocycles. The molecule has 2 aromatic heterocycles. The van der Waals surface area contributed by atoms with E-state index in [0.717, 1.165) is 28.5 Å². The van der Waals surface area contributed by atoms with Gasteiger partial charge in [-0.15, -0.1) is 11.3 Å². The molecule has 1 amide bonds. The smallest absolute Gasteiger partial charge is 0.264 e. The summed E-state index contributed by atoms with van der Waals surface area (Å²) in [5.41, 5.74) is 2.12. The zero-order chi connectivity index (χ0) is 15.0. The van der Waals surface area contributed by atoms with Crippen molar-refractivity contribution >= 4 is 17.2 Å². The van der Waals surface area contributed by atoms with E-state index in [1.165, 1.54) is 11.3 Å². The zero-order valence-electron chi connectivity index (χ0n) is 12.5. The second-order valence-electron chi connectivity index (χ2n) is 5.30. The predicted molar refractivity (Wildman–Crippen MR) is 81.4 cm³/mol. The van der Waals surface area contributed by atoms with Crippen LogP contribution in [0.2, 0.25) is 0 Å². The standard InChI is InChI=1S/C15H19N3O2S/c1-10-4-7-21-13(10)15(19)17-5-6-18-12(9-20-3)8-16-14(18)11(17)2/h4,7-8,11H,5-6,9H2,1-3H3/t11-/m1/s1. The monoisotopic (exact) mass is 305 g/mol. The lowest BCUT2D eigenvalue weighted by atomic mass is 10.1. The van der Waals surface area contributed by atoms with Crippen molar-refractivity contribution in [2.24, 2.45) is 0 Å². The van der Waals surface area contributed by atoms with Gasteiger partial charge in [-0.25, -0.2) is 4.98 Å². The van der Waals surface area contributed by atoms with Crippen LogP contribution in [0.4, 0.5) is 0 Å². The van der Waals surface area contributed by atoms with Crippen LogP contribution in [-0.2, 0) is 17.9 Å². The minimum absolute atomic E-state index is 0.0154. The fraction of sp³-hybridized carbons (Fsp3) is 0.467. The predicted octanol–water partition coefficient (Wildman–Crippen LogP) is 2.62. The normalized spacial score (nSPS) is 17.9. The van der Waals surface area contributed by atoms with Gasteiger partial charge in [-0.3, -0.25) is 4.79 Å². The number of nitrogens with zero attached hydrogens (tertiary/aromatic N) is 3. The number of thiophene rings is 1. The lowest BCUT2D eigenvalue weighted by Gasteiger charge is -2.34. The van der Waals surface area contributed by atoms with Crippen LogP contribution in [0.1, 0.15) is 39.7 Å². The van der Waals surface area contributed by atoms with E-state index in [-0.39, 0.29) is 11.9 Å². The first-order valence-corrected chi connectivity index (χ1v) is 7.89. The maximum Gasteiger partial charge on any atom is 0.264 e. The highest BCUT2D eigenvalue weighted by molar-refractivity contribution is 7.12. The summed E-state index contributed by atoms with van der Waals surface area (Å²) >= 11 is 1.51. The molecule has 0 N–H and O–H groups in total. The molecule has 0 saturated carbocycles. The molecule has 0 bridgehead atoms. The number of methoxy groups -OCH3 is 1. The quantitative estimate of drug-likeness (QED) is 0.876. The lowest BCUT2D eigenvalue weighted by Crippen LogP contribution is -2.41. The van der Waals surface area contributed by atoms with Crippen LogP contribution in [0.3, 0.4) is 0 Å². The number of ether oxygens (including phenoxy) is 1. The first-order chi connectivity index (χ1) is 10.1. The molecule has 0 radical (unpaired) electrons. The molecule has 0 aromatic carbocycles. The van der Waals surface area contributed by atoms with Gasteiger partial charge in [0.15, 0.2) is 0 Å². The molecule has 21 heavy (non-hydrogen) atoms. The van der Waals surface area contributed by atoms with Crippen LogP contribution in [-0.4, -0.2) is 34.0 Å². The molecule has 0 fully saturated rings. The summed E-state index contributed by atoms with van der Waals surface area (Å²) in [6.07, 6.45) is 1.85. The molecule has 6 heteroatoms. The van der Waals surface area contributed by atoms with Crippen molar-refractivity contribution in [3.8, 4) is 0 Å². The number of imidazole rings is 1. The van der Waals surface area contributed by atoms with Gasteiger partial charge >= 0.3 is 0 Å². The Morgan fingerprint density at radius 3 is 3.00 bits per heavy atom. The van der Waals surface area contributed by atoms with Gasteiger partial charge in [-0.05, 0) is 30.9 Å². The van der Waals surface area contributed by atoms with Crippen molar-refractivity contribution in [1.82, 2.24) is 14.5 Å². The minimum atomic E-state index is -0.0154. The number of carbonyl (C=O) groups excluding carboxylic acids is 1. The molecule has 3 rings (SSSR count). The molecule has 0 unspecified atom stereocenters. The third-order valence-corrected chi connectivity index (χ3v) is 4.99. The van der Waals surface area contributed by atoms with Crippen LogP contribution in [0, 0.1) is 6.92 Å². The summed E-state index contributed by atoms with van der Waals surface area (Å²) < 4.78 is 7.36. The van der Waals surface area contributed by atoms with Crippen LogP contribution < -0.4 is 0 Å². The molecule has 5 nitrogen and oxygen atoms in total. The molecule has 2 aromatic rings. The van der Waals surface area contributed by atoms with E-state index >= 15 is 0 Å². The third kappa shape index (κ3) is 2.38. The van der Waals surface area contributed by atoms with Crippen LogP contribution >= 0.6 is 11.3 Å². The van der Waals surface area contributed by atoms with E-state index in [1.807, 2.05) is 36.4 Å². The second kappa shape index (κ2) is 5.61. The fourth-order valence-electron chi connectivity index (χ4n) is 2.82. The average Bonchev–Trinajstić information content (AvgIpc) is 3.06. The highest BCUT2D eigenvalue weighted by Crippen LogP contribution is 2.29. The largest absolute Gasteiger partial charge is 0.378 e. The van der Waals surface area contributed by atoms with E-state index in [4.69, 9.17) is 4.74 Å². The third-order valence-electron chi connectivity index (χ3n) is 3.98. The van der Waals surface area contributed by atoms with Crippen molar-refractivity contribution in [3.63, 3.8) is 0 Å². The van der Waals surface area contributed by atoms with Gasteiger partial charge in [0.1, 0.15) is 5.82 Å². The van der Waals surface area contributed by atoms with E-state index in [9.17, 15) is 4.79 Å². The Bertz CT molecular complexity index is 662. The van der Waals surface area contributed by atoms with Gasteiger partial charge in [-0.2, -0.15) is 0 Å². The number of hydrogen-bond acceptors (Lipinski definition) is 4. The molecule has 0 spiro atoms. The van der Waals surface area contributed by atoms with Gasteiger partial charge < -0.3 is 14.2 Å². The van der Waals surface area contributed by atoms with Crippen molar-refractivity contribution in [2.75, 3.05) is 13.7 Å². The van der Waals surface area contributed by atoms with Crippen LogP contribution in [0.25, 0.3) is 0 Å². The number of aromatic nitrogens is 2. The van der Waals surface area contributed by atoms with Crippen molar-refractivity contribution in [1.29, 1.82) is 0 Å². The number of carbonyl (C=O) groups is 1. The molecule has 1 aliphatic rings. The van der Waals surface area contributed by atoms with Crippen LogP contribution in [0.15, 0.2) is 17.6 Å². The van der Waals surface area contributed by atoms with Gasteiger partial charge in [0.25, 0.3) is 5.91 Å².